The summed E-state index contributed by atoms with van der Waals surface area (Å²) in [6.45, 7) is -0.404. The van der Waals surface area contributed by atoms with Crippen molar-refractivity contribution in [3.63, 3.8) is 0 Å². The Balaban J connectivity index is 1.68. The van der Waals surface area contributed by atoms with E-state index in [0.29, 0.717) is 5.75 Å². The summed E-state index contributed by atoms with van der Waals surface area (Å²) in [5.41, 5.74) is 7.66. The van der Waals surface area contributed by atoms with E-state index in [4.69, 9.17) is 14.6 Å². The van der Waals surface area contributed by atoms with Gasteiger partial charge in [-0.2, -0.15) is 0 Å². The van der Waals surface area contributed by atoms with E-state index in [9.17, 15) is 9.90 Å². The van der Waals surface area contributed by atoms with Gasteiger partial charge in [0.1, 0.15) is 11.5 Å². The Hall–Kier alpha value is -3.57. The van der Waals surface area contributed by atoms with Gasteiger partial charge in [0, 0.05) is 0 Å². The molecule has 0 heterocycles. The first kappa shape index (κ1) is 20.7. The second-order valence-corrected chi connectivity index (χ2v) is 7.51. The van der Waals surface area contributed by atoms with Gasteiger partial charge in [0.2, 0.25) is 0 Å². The van der Waals surface area contributed by atoms with Gasteiger partial charge in [-0.1, -0.05) is 42.5 Å². The Morgan fingerprint density at radius 3 is 2.58 bits per heavy atom. The number of benzene rings is 3. The highest BCUT2D eigenvalue weighted by Gasteiger charge is 2.20. The summed E-state index contributed by atoms with van der Waals surface area (Å²) in [5, 5.41) is 18.5. The third-order valence-corrected chi connectivity index (χ3v) is 5.39. The first-order valence-corrected chi connectivity index (χ1v) is 10.1. The number of hydrogen-bond donors (Lipinski definition) is 2. The van der Waals surface area contributed by atoms with E-state index in [-0.39, 0.29) is 13.2 Å². The van der Waals surface area contributed by atoms with Crippen molar-refractivity contribution in [2.45, 2.75) is 19.4 Å². The van der Waals surface area contributed by atoms with Crippen LogP contribution in [0, 0.1) is 0 Å². The van der Waals surface area contributed by atoms with Gasteiger partial charge in [-0.15, -0.1) is 0 Å². The molecule has 0 radical (unpaired) electrons. The molecule has 0 aromatic heterocycles. The molecule has 0 saturated heterocycles. The van der Waals surface area contributed by atoms with Gasteiger partial charge in [-0.25, -0.2) is 4.79 Å². The number of carboxylic acid groups (broad SMARTS) is 1. The van der Waals surface area contributed by atoms with E-state index in [1.165, 1.54) is 16.7 Å². The lowest BCUT2D eigenvalue weighted by molar-refractivity contribution is -0.139. The molecule has 0 fully saturated rings. The van der Waals surface area contributed by atoms with Crippen molar-refractivity contribution < 1.29 is 24.5 Å². The van der Waals surface area contributed by atoms with Gasteiger partial charge in [-0.05, 0) is 76.1 Å². The van der Waals surface area contributed by atoms with Gasteiger partial charge in [0.05, 0.1) is 13.7 Å². The summed E-state index contributed by atoms with van der Waals surface area (Å²) in [6.07, 6.45) is 3.84. The van der Waals surface area contributed by atoms with Crippen LogP contribution in [0.5, 0.6) is 11.5 Å². The number of aliphatic hydroxyl groups excluding tert-OH is 1. The Morgan fingerprint density at radius 1 is 1.00 bits per heavy atom. The number of rotatable bonds is 8. The third-order valence-electron chi connectivity index (χ3n) is 5.39. The normalized spacial score (nSPS) is 12.3. The minimum Gasteiger partial charge on any atom is -0.497 e. The highest BCUT2D eigenvalue weighted by Crippen LogP contribution is 2.39. The molecular weight excluding hydrogens is 392 g/mol. The molecule has 4 rings (SSSR count). The van der Waals surface area contributed by atoms with Crippen LogP contribution in [-0.4, -0.2) is 29.9 Å². The average Bonchev–Trinajstić information content (AvgIpc) is 3.20. The van der Waals surface area contributed by atoms with Crippen molar-refractivity contribution in [3.05, 3.63) is 89.0 Å². The maximum Gasteiger partial charge on any atom is 0.341 e. The van der Waals surface area contributed by atoms with E-state index in [1.807, 2.05) is 42.5 Å². The molecule has 31 heavy (non-hydrogen) atoms. The Labute approximate surface area is 181 Å². The fourth-order valence-corrected chi connectivity index (χ4v) is 4.04. The predicted octanol–water partition coefficient (Wildman–Crippen LogP) is 4.50. The van der Waals surface area contributed by atoms with Crippen molar-refractivity contribution >= 4 is 11.5 Å². The zero-order valence-corrected chi connectivity index (χ0v) is 17.3. The zero-order valence-electron chi connectivity index (χ0n) is 17.3. The first-order valence-electron chi connectivity index (χ1n) is 10.1. The van der Waals surface area contributed by atoms with Crippen molar-refractivity contribution in [2.24, 2.45) is 0 Å². The number of hydrogen-bond acceptors (Lipinski definition) is 4. The summed E-state index contributed by atoms with van der Waals surface area (Å²) in [7, 11) is 1.63. The maximum absolute atomic E-state index is 10.8. The Kier molecular flexibility index (Phi) is 6.05. The number of fused-ring (bicyclic) bond motifs is 1. The number of aliphatic carboxylic acids is 1. The summed E-state index contributed by atoms with van der Waals surface area (Å²) < 4.78 is 10.8. The fourth-order valence-electron chi connectivity index (χ4n) is 4.04. The smallest absolute Gasteiger partial charge is 0.341 e. The molecule has 5 nitrogen and oxygen atoms in total. The standard InChI is InChI=1S/C26H24O5/c1-30-23-12-17(10-18(13-23)15-27)11-21-9-8-19-4-3-7-24(26(19)21)20-5-2-6-22(14-20)31-16-25(28)29/h2-7,9-10,12-14,27H,8,11,15-16H2,1H3,(H,28,29). The number of methoxy groups -OCH3 is 1. The largest absolute Gasteiger partial charge is 0.497 e. The summed E-state index contributed by atoms with van der Waals surface area (Å²) in [4.78, 5) is 10.8. The van der Waals surface area contributed by atoms with Gasteiger partial charge in [-0.3, -0.25) is 0 Å². The second kappa shape index (κ2) is 9.06. The van der Waals surface area contributed by atoms with Gasteiger partial charge in [0.15, 0.2) is 6.61 Å². The van der Waals surface area contributed by atoms with Crippen LogP contribution >= 0.6 is 0 Å². The van der Waals surface area contributed by atoms with Crippen LogP contribution < -0.4 is 9.47 Å². The number of carbonyl (C=O) groups is 1. The lowest BCUT2D eigenvalue weighted by atomic mass is 9.90. The molecule has 0 aliphatic heterocycles. The summed E-state index contributed by atoms with van der Waals surface area (Å²) in [6, 6.07) is 19.6. The van der Waals surface area contributed by atoms with Gasteiger partial charge < -0.3 is 19.7 Å². The fraction of sp³-hybridized carbons (Fsp3) is 0.192. The Bertz CT molecular complexity index is 1120. The van der Waals surface area contributed by atoms with E-state index < -0.39 is 5.97 Å². The molecule has 0 amide bonds. The lowest BCUT2D eigenvalue weighted by Gasteiger charge is -2.15. The monoisotopic (exact) mass is 416 g/mol. The van der Waals surface area contributed by atoms with Gasteiger partial charge in [0.25, 0.3) is 0 Å². The molecule has 0 unspecified atom stereocenters. The molecule has 1 aliphatic carbocycles. The molecular formula is C26H24O5. The number of allylic oxidation sites excluding steroid dienone is 2. The number of carboxylic acids is 1. The third kappa shape index (κ3) is 4.62. The van der Waals surface area contributed by atoms with Crippen molar-refractivity contribution in [1.29, 1.82) is 0 Å². The van der Waals surface area contributed by atoms with E-state index in [1.54, 1.807) is 13.2 Å². The van der Waals surface area contributed by atoms with Crippen molar-refractivity contribution in [1.82, 2.24) is 0 Å². The molecule has 3 aromatic carbocycles. The van der Waals surface area contributed by atoms with Gasteiger partial charge >= 0.3 is 5.97 Å². The number of aliphatic hydroxyl groups is 1. The van der Waals surface area contributed by atoms with Crippen molar-refractivity contribution in [2.75, 3.05) is 13.7 Å². The van der Waals surface area contributed by atoms with Crippen LogP contribution in [0.2, 0.25) is 0 Å². The van der Waals surface area contributed by atoms with Crippen LogP contribution in [0.3, 0.4) is 0 Å². The van der Waals surface area contributed by atoms with E-state index >= 15 is 0 Å². The minimum atomic E-state index is -1.00. The summed E-state index contributed by atoms with van der Waals surface area (Å²) >= 11 is 0. The Morgan fingerprint density at radius 2 is 1.81 bits per heavy atom. The van der Waals surface area contributed by atoms with Crippen LogP contribution in [0.1, 0.15) is 22.3 Å². The minimum absolute atomic E-state index is 0.0335. The second-order valence-electron chi connectivity index (χ2n) is 7.51. The molecule has 5 heteroatoms. The molecule has 1 aliphatic rings. The van der Waals surface area contributed by atoms with Crippen LogP contribution in [0.25, 0.3) is 16.7 Å². The molecule has 158 valence electrons. The molecule has 2 N–H and O–H groups in total. The number of ether oxygens (including phenoxy) is 2. The predicted molar refractivity (Wildman–Crippen MR) is 119 cm³/mol. The van der Waals surface area contributed by atoms with Crippen LogP contribution in [0.15, 0.2) is 66.7 Å². The molecule has 0 spiro atoms. The summed E-state index contributed by atoms with van der Waals surface area (Å²) in [5.74, 6) is 0.259. The average molecular weight is 416 g/mol. The molecule has 0 atom stereocenters. The van der Waals surface area contributed by atoms with Crippen LogP contribution in [0.4, 0.5) is 0 Å². The topological polar surface area (TPSA) is 76.0 Å². The first-order chi connectivity index (χ1) is 15.1. The molecule has 3 aromatic rings. The van der Waals surface area contributed by atoms with E-state index in [2.05, 4.69) is 18.2 Å². The SMILES string of the molecule is COc1cc(CO)cc(CC2=CCc3cccc(-c4cccc(OCC(=O)O)c4)c32)c1. The van der Waals surface area contributed by atoms with Crippen molar-refractivity contribution in [3.8, 4) is 22.6 Å². The highest BCUT2D eigenvalue weighted by atomic mass is 16.5. The molecule has 0 bridgehead atoms. The lowest BCUT2D eigenvalue weighted by Crippen LogP contribution is -2.09. The molecule has 0 saturated carbocycles. The van der Waals surface area contributed by atoms with Crippen LogP contribution in [-0.2, 0) is 24.2 Å². The zero-order chi connectivity index (χ0) is 21.8. The highest BCUT2D eigenvalue weighted by molar-refractivity contribution is 5.87. The maximum atomic E-state index is 10.8. The van der Waals surface area contributed by atoms with E-state index in [0.717, 1.165) is 40.8 Å². The quantitative estimate of drug-likeness (QED) is 0.565.